The molecule has 1 aromatic carbocycles. The molecule has 0 aliphatic carbocycles. The molecule has 1 N–H and O–H groups in total. The number of hydrogen-bond acceptors (Lipinski definition) is 3. The summed E-state index contributed by atoms with van der Waals surface area (Å²) in [5, 5.41) is 16.5. The summed E-state index contributed by atoms with van der Waals surface area (Å²) < 4.78 is 2.67. The molecule has 18 heavy (non-hydrogen) atoms. The molecule has 0 amide bonds. The van der Waals surface area contributed by atoms with Crippen molar-refractivity contribution in [2.24, 2.45) is 7.05 Å². The van der Waals surface area contributed by atoms with Crippen molar-refractivity contribution in [2.75, 3.05) is 0 Å². The van der Waals surface area contributed by atoms with Crippen LogP contribution < -0.4 is 0 Å². The molecular weight excluding hydrogens is 248 g/mol. The lowest BCUT2D eigenvalue weighted by atomic mass is 10.1. The molecule has 90 valence electrons. The molecule has 0 saturated heterocycles. The van der Waals surface area contributed by atoms with Gasteiger partial charge in [-0.25, -0.2) is 4.79 Å². The topological polar surface area (TPSA) is 55.1 Å². The Labute approximate surface area is 107 Å². The number of carboxylic acids is 1. The fourth-order valence-electron chi connectivity index (χ4n) is 2.01. The fourth-order valence-corrected chi connectivity index (χ4v) is 2.95. The van der Waals surface area contributed by atoms with Crippen LogP contribution in [0.5, 0.6) is 0 Å². The van der Waals surface area contributed by atoms with Crippen LogP contribution in [0.15, 0.2) is 35.8 Å². The summed E-state index contributed by atoms with van der Waals surface area (Å²) in [7, 11) is 1.73. The number of fused-ring (bicyclic) bond motifs is 1. The predicted octanol–water partition coefficient (Wildman–Crippen LogP) is 3.00. The molecule has 0 radical (unpaired) electrons. The number of aryl methyl sites for hydroxylation is 1. The highest BCUT2D eigenvalue weighted by molar-refractivity contribution is 7.17. The van der Waals surface area contributed by atoms with Crippen molar-refractivity contribution in [3.63, 3.8) is 0 Å². The second-order valence-corrected chi connectivity index (χ2v) is 4.93. The van der Waals surface area contributed by atoms with Gasteiger partial charge in [0.05, 0.1) is 0 Å². The van der Waals surface area contributed by atoms with Crippen molar-refractivity contribution in [3.05, 3.63) is 41.4 Å². The smallest absolute Gasteiger partial charge is 0.339 e. The molecule has 0 saturated carbocycles. The molecule has 2 aromatic heterocycles. The van der Waals surface area contributed by atoms with Crippen LogP contribution in [0, 0.1) is 0 Å². The third-order valence-electron chi connectivity index (χ3n) is 2.80. The quantitative estimate of drug-likeness (QED) is 0.768. The minimum absolute atomic E-state index is 0.237. The van der Waals surface area contributed by atoms with Gasteiger partial charge in [-0.15, -0.1) is 11.3 Å². The van der Waals surface area contributed by atoms with Gasteiger partial charge in [0.25, 0.3) is 0 Å². The van der Waals surface area contributed by atoms with Crippen LogP contribution in [-0.2, 0) is 7.05 Å². The zero-order valence-electron chi connectivity index (χ0n) is 9.62. The number of thiophene rings is 1. The molecule has 0 unspecified atom stereocenters. The Kier molecular flexibility index (Phi) is 2.41. The maximum Gasteiger partial charge on any atom is 0.339 e. The average Bonchev–Trinajstić information content (AvgIpc) is 2.92. The van der Waals surface area contributed by atoms with E-state index in [1.807, 2.05) is 29.6 Å². The Morgan fingerprint density at radius 1 is 1.39 bits per heavy atom. The van der Waals surface area contributed by atoms with E-state index in [1.165, 1.54) is 10.9 Å². The summed E-state index contributed by atoms with van der Waals surface area (Å²) in [5.74, 6) is -0.951. The number of benzene rings is 1. The largest absolute Gasteiger partial charge is 0.478 e. The minimum atomic E-state index is -0.951. The number of aromatic nitrogens is 2. The maximum atomic E-state index is 11.2. The van der Waals surface area contributed by atoms with Gasteiger partial charge in [-0.1, -0.05) is 18.2 Å². The molecule has 0 spiro atoms. The van der Waals surface area contributed by atoms with E-state index in [9.17, 15) is 9.90 Å². The van der Waals surface area contributed by atoms with E-state index in [1.54, 1.807) is 18.4 Å². The maximum absolute atomic E-state index is 11.2. The molecule has 0 bridgehead atoms. The van der Waals surface area contributed by atoms with Crippen LogP contribution in [0.4, 0.5) is 0 Å². The van der Waals surface area contributed by atoms with Crippen molar-refractivity contribution in [1.82, 2.24) is 9.78 Å². The third-order valence-corrected chi connectivity index (χ3v) is 3.76. The Bertz CT molecular complexity index is 742. The molecule has 0 atom stereocenters. The zero-order chi connectivity index (χ0) is 12.7. The van der Waals surface area contributed by atoms with E-state index in [-0.39, 0.29) is 5.56 Å². The molecule has 3 aromatic rings. The van der Waals surface area contributed by atoms with E-state index in [0.717, 1.165) is 15.6 Å². The molecule has 5 heteroatoms. The standard InChI is InChI=1S/C13H10N2O2S/c1-15-6-9(13(16)17)12(14-15)10-7-18-11-5-3-2-4-8(10)11/h2-7H,1H3,(H,16,17). The normalized spacial score (nSPS) is 10.9. The SMILES string of the molecule is Cn1cc(C(=O)O)c(-c2csc3ccccc23)n1. The van der Waals surface area contributed by atoms with Crippen molar-refractivity contribution >= 4 is 27.4 Å². The summed E-state index contributed by atoms with van der Waals surface area (Å²) in [6.45, 7) is 0. The monoisotopic (exact) mass is 258 g/mol. The van der Waals surface area contributed by atoms with Gasteiger partial charge >= 0.3 is 5.97 Å². The molecule has 0 fully saturated rings. The van der Waals surface area contributed by atoms with Crippen LogP contribution in [0.2, 0.25) is 0 Å². The fraction of sp³-hybridized carbons (Fsp3) is 0.0769. The van der Waals surface area contributed by atoms with Crippen LogP contribution in [0.3, 0.4) is 0 Å². The van der Waals surface area contributed by atoms with Crippen LogP contribution in [-0.4, -0.2) is 20.9 Å². The Morgan fingerprint density at radius 2 is 2.17 bits per heavy atom. The summed E-state index contributed by atoms with van der Waals surface area (Å²) in [4.78, 5) is 11.2. The van der Waals surface area contributed by atoms with E-state index in [4.69, 9.17) is 0 Å². The molecule has 0 aliphatic heterocycles. The first-order valence-electron chi connectivity index (χ1n) is 5.40. The van der Waals surface area contributed by atoms with Gasteiger partial charge in [0.1, 0.15) is 11.3 Å². The first-order chi connectivity index (χ1) is 8.66. The summed E-state index contributed by atoms with van der Waals surface area (Å²) in [6.07, 6.45) is 1.53. The Morgan fingerprint density at radius 3 is 2.94 bits per heavy atom. The van der Waals surface area contributed by atoms with Crippen molar-refractivity contribution in [1.29, 1.82) is 0 Å². The van der Waals surface area contributed by atoms with Crippen LogP contribution in [0.1, 0.15) is 10.4 Å². The summed E-state index contributed by atoms with van der Waals surface area (Å²) in [5.41, 5.74) is 1.65. The number of aromatic carboxylic acids is 1. The molecule has 2 heterocycles. The second kappa shape index (κ2) is 3.96. The van der Waals surface area contributed by atoms with Gasteiger partial charge in [-0.2, -0.15) is 5.10 Å². The second-order valence-electron chi connectivity index (χ2n) is 4.02. The number of carboxylic acid groups (broad SMARTS) is 1. The predicted molar refractivity (Wildman–Crippen MR) is 71.0 cm³/mol. The molecule has 3 rings (SSSR count). The van der Waals surface area contributed by atoms with Gasteiger partial charge in [-0.05, 0) is 6.07 Å². The Balaban J connectivity index is 2.29. The van der Waals surface area contributed by atoms with Gasteiger partial charge in [0.15, 0.2) is 0 Å². The lowest BCUT2D eigenvalue weighted by Gasteiger charge is -1.96. The highest BCUT2D eigenvalue weighted by atomic mass is 32.1. The minimum Gasteiger partial charge on any atom is -0.478 e. The number of hydrogen-bond donors (Lipinski definition) is 1. The van der Waals surface area contributed by atoms with Crippen molar-refractivity contribution in [2.45, 2.75) is 0 Å². The number of nitrogens with zero attached hydrogens (tertiary/aromatic N) is 2. The first kappa shape index (κ1) is 11.0. The summed E-state index contributed by atoms with van der Waals surface area (Å²) >= 11 is 1.60. The van der Waals surface area contributed by atoms with E-state index < -0.39 is 5.97 Å². The lowest BCUT2D eigenvalue weighted by molar-refractivity contribution is 0.0697. The van der Waals surface area contributed by atoms with Gasteiger partial charge in [0, 0.05) is 34.3 Å². The lowest BCUT2D eigenvalue weighted by Crippen LogP contribution is -1.96. The number of rotatable bonds is 2. The van der Waals surface area contributed by atoms with E-state index >= 15 is 0 Å². The van der Waals surface area contributed by atoms with Gasteiger partial charge < -0.3 is 5.11 Å². The highest BCUT2D eigenvalue weighted by Crippen LogP contribution is 2.34. The highest BCUT2D eigenvalue weighted by Gasteiger charge is 2.18. The molecule has 4 nitrogen and oxygen atoms in total. The van der Waals surface area contributed by atoms with E-state index in [0.29, 0.717) is 5.69 Å². The van der Waals surface area contributed by atoms with Crippen molar-refractivity contribution < 1.29 is 9.90 Å². The van der Waals surface area contributed by atoms with Gasteiger partial charge in [-0.3, -0.25) is 4.68 Å². The van der Waals surface area contributed by atoms with Crippen LogP contribution in [0.25, 0.3) is 21.3 Å². The molecular formula is C13H10N2O2S. The Hall–Kier alpha value is -2.14. The summed E-state index contributed by atoms with van der Waals surface area (Å²) in [6, 6.07) is 7.93. The molecule has 0 aliphatic rings. The third kappa shape index (κ3) is 1.60. The number of carbonyl (C=O) groups is 1. The first-order valence-corrected chi connectivity index (χ1v) is 6.28. The van der Waals surface area contributed by atoms with Crippen LogP contribution >= 0.6 is 11.3 Å². The van der Waals surface area contributed by atoms with E-state index in [2.05, 4.69) is 5.10 Å². The zero-order valence-corrected chi connectivity index (χ0v) is 10.4. The average molecular weight is 258 g/mol. The van der Waals surface area contributed by atoms with Gasteiger partial charge in [0.2, 0.25) is 0 Å². The van der Waals surface area contributed by atoms with Crippen molar-refractivity contribution in [3.8, 4) is 11.3 Å².